The summed E-state index contributed by atoms with van der Waals surface area (Å²) in [5.41, 5.74) is 4.19. The van der Waals surface area contributed by atoms with Crippen molar-refractivity contribution >= 4 is 72.6 Å². The maximum atomic E-state index is 6.82. The van der Waals surface area contributed by atoms with Crippen LogP contribution in [-0.2, 0) is 64.5 Å². The molecule has 0 spiro atoms. The summed E-state index contributed by atoms with van der Waals surface area (Å²) in [6.07, 6.45) is 1.27. The maximum Gasteiger partial charge on any atom is 0.518 e. The lowest BCUT2D eigenvalue weighted by molar-refractivity contribution is -0.281. The van der Waals surface area contributed by atoms with Crippen molar-refractivity contribution in [3.8, 4) is 0 Å². The van der Waals surface area contributed by atoms with Gasteiger partial charge in [0.1, 0.15) is 17.2 Å². The predicted octanol–water partition coefficient (Wildman–Crippen LogP) is -2.07. The number of ether oxygens (including phenoxy) is 3. The van der Waals surface area contributed by atoms with Crippen LogP contribution in [0, 0.1) is 0 Å². The molecular weight excluding hydrogens is 669 g/mol. The summed E-state index contributed by atoms with van der Waals surface area (Å²) in [6, 6.07) is 0. The molecular formula is C17H28O15Si8. The topological polar surface area (TPSA) is 148 Å². The van der Waals surface area contributed by atoms with E-state index in [1.165, 1.54) is 23.2 Å². The second-order valence-electron chi connectivity index (χ2n) is 9.43. The van der Waals surface area contributed by atoms with Crippen LogP contribution in [0.25, 0.3) is 0 Å². The van der Waals surface area contributed by atoms with Gasteiger partial charge in [0.25, 0.3) is 16.0 Å². The van der Waals surface area contributed by atoms with Crippen LogP contribution in [0.5, 0.6) is 0 Å². The highest BCUT2D eigenvalue weighted by Crippen LogP contribution is 2.50. The third-order valence-electron chi connectivity index (χ3n) is 6.67. The molecule has 7 unspecified atom stereocenters. The molecule has 218 valence electrons. The normalized spacial score (nSPS) is 55.2. The van der Waals surface area contributed by atoms with E-state index in [-0.39, 0.29) is 0 Å². The Bertz CT molecular complexity index is 1080. The minimum atomic E-state index is -4.21. The fourth-order valence-corrected chi connectivity index (χ4v) is 37.5. The van der Waals surface area contributed by atoms with E-state index in [2.05, 4.69) is 32.9 Å². The van der Waals surface area contributed by atoms with Crippen LogP contribution < -0.4 is 0 Å². The molecule has 0 N–H and O–H groups in total. The summed E-state index contributed by atoms with van der Waals surface area (Å²) in [7, 11) is -27.6. The van der Waals surface area contributed by atoms with Gasteiger partial charge in [-0.25, -0.2) is 0 Å². The van der Waals surface area contributed by atoms with Crippen molar-refractivity contribution in [1.29, 1.82) is 0 Å². The van der Waals surface area contributed by atoms with Gasteiger partial charge in [-0.15, -0.1) is 6.58 Å². The van der Waals surface area contributed by atoms with Crippen LogP contribution in [0.1, 0.15) is 0 Å². The van der Waals surface area contributed by atoms with Crippen molar-refractivity contribution in [2.75, 3.05) is 19.8 Å². The summed E-state index contributed by atoms with van der Waals surface area (Å²) >= 11 is 0. The van der Waals surface area contributed by atoms with Crippen LogP contribution >= 0.6 is 0 Å². The summed E-state index contributed by atoms with van der Waals surface area (Å²) in [6.45, 7) is 20.6. The molecule has 0 aromatic rings. The Kier molecular flexibility index (Phi) is 6.91. The van der Waals surface area contributed by atoms with Crippen LogP contribution in [0.15, 0.2) is 61.8 Å². The first-order valence-electron chi connectivity index (χ1n) is 12.4. The zero-order chi connectivity index (χ0) is 27.9. The first-order chi connectivity index (χ1) is 19.2. The third-order valence-corrected chi connectivity index (χ3v) is 33.6. The van der Waals surface area contributed by atoms with E-state index in [9.17, 15) is 0 Å². The van der Waals surface area contributed by atoms with E-state index < -0.39 is 95.8 Å². The zero-order valence-electron chi connectivity index (χ0n) is 21.3. The number of hydrogen-bond acceptors (Lipinski definition) is 15. The zero-order valence-corrected chi connectivity index (χ0v) is 30.1. The summed E-state index contributed by atoms with van der Waals surface area (Å²) in [4.78, 5) is 0. The summed E-state index contributed by atoms with van der Waals surface area (Å²) < 4.78 is 97.0. The van der Waals surface area contributed by atoms with Crippen molar-refractivity contribution in [1.82, 2.24) is 0 Å². The smallest absolute Gasteiger partial charge is 0.417 e. The number of hydrogen-bond donors (Lipinski definition) is 0. The Hall–Kier alpha value is -0.165. The average Bonchev–Trinajstić information content (AvgIpc) is 3.77. The van der Waals surface area contributed by atoms with E-state index in [4.69, 9.17) is 64.5 Å². The second kappa shape index (κ2) is 9.67. The molecule has 15 nitrogen and oxygen atoms in total. The third kappa shape index (κ3) is 4.58. The highest BCUT2D eigenvalue weighted by atomic mass is 28.6. The van der Waals surface area contributed by atoms with Crippen molar-refractivity contribution in [2.45, 2.75) is 23.2 Å². The Balaban J connectivity index is 1.49. The van der Waals surface area contributed by atoms with E-state index in [0.29, 0.717) is 19.8 Å². The lowest BCUT2D eigenvalue weighted by Crippen LogP contribution is -2.83. The van der Waals surface area contributed by atoms with Crippen LogP contribution in [0.4, 0.5) is 0 Å². The number of epoxide rings is 3. The molecule has 7 saturated heterocycles. The average molecular weight is 697 g/mol. The Morgan fingerprint density at radius 3 is 1.45 bits per heavy atom. The summed E-state index contributed by atoms with van der Waals surface area (Å²) in [5.74, 6) is -2.13. The van der Waals surface area contributed by atoms with Gasteiger partial charge in [-0.05, 0) is 23.2 Å². The van der Waals surface area contributed by atoms with Gasteiger partial charge in [-0.1, -0.05) is 32.0 Å². The molecule has 0 saturated carbocycles. The lowest BCUT2D eigenvalue weighted by Gasteiger charge is -2.57. The van der Waals surface area contributed by atoms with Gasteiger partial charge >= 0.3 is 52.8 Å². The van der Waals surface area contributed by atoms with Gasteiger partial charge < -0.3 is 64.5 Å². The molecule has 23 heteroatoms. The van der Waals surface area contributed by atoms with Gasteiger partial charge in [-0.3, -0.25) is 0 Å². The van der Waals surface area contributed by atoms with Gasteiger partial charge in [0.05, 0.1) is 19.8 Å². The first kappa shape index (κ1) is 28.6. The minimum absolute atomic E-state index is 0.298. The van der Waals surface area contributed by atoms with Gasteiger partial charge in [0.15, 0.2) is 9.76 Å². The maximum absolute atomic E-state index is 6.82. The lowest BCUT2D eigenvalue weighted by atomic mass is 10.6. The number of rotatable bonds is 10. The molecule has 0 aromatic heterocycles. The van der Waals surface area contributed by atoms with Gasteiger partial charge in [0, 0.05) is 0 Å². The molecule has 0 radical (unpaired) electrons. The van der Waals surface area contributed by atoms with Crippen molar-refractivity contribution in [2.24, 2.45) is 0 Å². The van der Waals surface area contributed by atoms with E-state index in [1.807, 2.05) is 0 Å². The highest BCUT2D eigenvalue weighted by molar-refractivity contribution is 6.96. The predicted molar refractivity (Wildman–Crippen MR) is 148 cm³/mol. The molecule has 7 aliphatic rings. The molecule has 7 fully saturated rings. The molecule has 40 heavy (non-hydrogen) atoms. The van der Waals surface area contributed by atoms with E-state index in [1.54, 1.807) is 5.70 Å². The Morgan fingerprint density at radius 2 is 1.10 bits per heavy atom. The SMILES string of the molecule is C=C[SiH2]O[Si]1(C2CO2)O[Si]2(C=C)OC3(C=C)O[Si](C=C)(O1)O[Si]1(C4CO4)O[SiH2]O[Si](C4CO4)(O2)O[Si](C=C)(O3)O1. The molecule has 7 atom stereocenters. The quantitative estimate of drug-likeness (QED) is 0.140. The molecule has 7 aliphatic heterocycles. The first-order valence-corrected chi connectivity index (χ1v) is 25.8. The van der Waals surface area contributed by atoms with Crippen LogP contribution in [0.3, 0.4) is 0 Å². The molecule has 0 amide bonds. The van der Waals surface area contributed by atoms with Gasteiger partial charge in [-0.2, -0.15) is 0 Å². The molecule has 0 aliphatic carbocycles. The molecule has 6 bridgehead atoms. The Labute approximate surface area is 241 Å². The molecule has 7 heterocycles. The second-order valence-corrected chi connectivity index (χ2v) is 30.0. The van der Waals surface area contributed by atoms with E-state index >= 15 is 0 Å². The summed E-state index contributed by atoms with van der Waals surface area (Å²) in [5, 5.41) is 0. The van der Waals surface area contributed by atoms with Crippen molar-refractivity contribution in [3.05, 3.63) is 61.8 Å². The largest absolute Gasteiger partial charge is 0.518 e. The fraction of sp³-hybridized carbons (Fsp3) is 0.412. The molecule has 7 rings (SSSR count). The minimum Gasteiger partial charge on any atom is -0.417 e. The van der Waals surface area contributed by atoms with Crippen molar-refractivity contribution < 1.29 is 64.5 Å². The monoisotopic (exact) mass is 696 g/mol. The standard InChI is InChI=1S/C17H28O15Si8/c1-6-17-21-35(8-3)27-38(14-11-18-14,24-33-7-2)28-36(9-4,22-17)30-40(16-13-20-16)26-34-25-39(29-35,15-12-19-15)31-37(10-5,23-17)32-40/h6-10,14-16H,1-5,11-13,33-34H2. The fourth-order valence-electron chi connectivity index (χ4n) is 4.57. The highest BCUT2D eigenvalue weighted by Gasteiger charge is 2.81. The van der Waals surface area contributed by atoms with Gasteiger partial charge in [0.2, 0.25) is 0 Å². The molecule has 0 aromatic carbocycles. The number of fused-ring (bicyclic) bond motifs is 4. The van der Waals surface area contributed by atoms with Crippen molar-refractivity contribution in [3.63, 3.8) is 0 Å². The van der Waals surface area contributed by atoms with Crippen LogP contribution in [-0.4, -0.2) is 116 Å². The van der Waals surface area contributed by atoms with Crippen LogP contribution in [0.2, 0.25) is 0 Å². The Morgan fingerprint density at radius 1 is 0.675 bits per heavy atom. The van der Waals surface area contributed by atoms with E-state index in [0.717, 1.165) is 0 Å².